The van der Waals surface area contributed by atoms with E-state index in [1.807, 2.05) is 204 Å². The molecule has 0 N–H and O–H groups in total. The van der Waals surface area contributed by atoms with E-state index in [9.17, 15) is 38.4 Å². The largest absolute Gasteiger partial charge is 0.497 e. The number of aromatic nitrogens is 6. The molecule has 0 spiro atoms. The summed E-state index contributed by atoms with van der Waals surface area (Å²) in [7, 11) is 1.63. The Bertz CT molecular complexity index is 6860. The summed E-state index contributed by atoms with van der Waals surface area (Å²) in [4.78, 5) is 143. The number of carbonyl (C=O) groups excluding carboxylic acids is 8. The molecule has 4 aromatic heterocycles. The van der Waals surface area contributed by atoms with Gasteiger partial charge in [-0.3, -0.25) is 43.3 Å². The van der Waals surface area contributed by atoms with Crippen LogP contribution in [0.3, 0.4) is 0 Å². The summed E-state index contributed by atoms with van der Waals surface area (Å²) in [6, 6.07) is 83.0. The van der Waals surface area contributed by atoms with Crippen molar-refractivity contribution in [2.75, 3.05) is 90.7 Å². The highest BCUT2D eigenvalue weighted by Gasteiger charge is 2.64. The molecule has 23 rings (SSSR count). The van der Waals surface area contributed by atoms with E-state index in [1.165, 1.54) is 23.2 Å². The molecule has 29 heteroatoms. The fourth-order valence-electron chi connectivity index (χ4n) is 20.4. The number of anilines is 1. The minimum Gasteiger partial charge on any atom is -0.497 e. The first-order chi connectivity index (χ1) is 64.8. The van der Waals surface area contributed by atoms with E-state index >= 15 is 0 Å². The van der Waals surface area contributed by atoms with Gasteiger partial charge in [-0.2, -0.15) is 5.10 Å². The minimum absolute atomic E-state index is 0.0000982. The Morgan fingerprint density at radius 2 is 0.872 bits per heavy atom. The first kappa shape index (κ1) is 86.5. The Hall–Kier alpha value is -14.5. The second-order valence-corrected chi connectivity index (χ2v) is 35.8. The van der Waals surface area contributed by atoms with E-state index in [0.29, 0.717) is 126 Å². The number of morpholine rings is 1. The van der Waals surface area contributed by atoms with Gasteiger partial charge in [0.15, 0.2) is 22.7 Å². The number of methoxy groups -OCH3 is 1. The van der Waals surface area contributed by atoms with Crippen molar-refractivity contribution in [1.29, 1.82) is 0 Å². The lowest BCUT2D eigenvalue weighted by atomic mass is 9.88. The number of hydrogen-bond donors (Lipinski definition) is 0. The maximum absolute atomic E-state index is 13.9. The first-order valence-electron chi connectivity index (χ1n) is 43.8. The molecule has 25 nitrogen and oxygen atoms in total. The predicted molar refractivity (Wildman–Crippen MR) is 503 cm³/mol. The zero-order valence-corrected chi connectivity index (χ0v) is 75.6. The van der Waals surface area contributed by atoms with Crippen molar-refractivity contribution < 1.29 is 47.8 Å². The molecule has 4 unspecified atom stereocenters. The zero-order chi connectivity index (χ0) is 91.6. The summed E-state index contributed by atoms with van der Waals surface area (Å²) in [5.74, 6) is 1.23. The Morgan fingerprint density at radius 3 is 1.29 bits per heavy atom. The molecular formula is C104H86Cl3N15O10S. The number of fused-ring (bicyclic) bond motifs is 12. The number of pyridine rings is 2. The number of benzene rings is 10. The number of hydrogen-bond acceptors (Lipinski definition) is 17. The normalized spacial score (nSPS) is 19.7. The highest BCUT2D eigenvalue weighted by Crippen LogP contribution is 2.55. The van der Waals surface area contributed by atoms with Crippen LogP contribution >= 0.6 is 46.1 Å². The molecule has 0 aliphatic carbocycles. The third kappa shape index (κ3) is 14.4. The highest BCUT2D eigenvalue weighted by atomic mass is 35.5. The van der Waals surface area contributed by atoms with E-state index in [-0.39, 0.29) is 53.7 Å². The van der Waals surface area contributed by atoms with Gasteiger partial charge in [-0.05, 0) is 138 Å². The minimum atomic E-state index is -1.03. The highest BCUT2D eigenvalue weighted by molar-refractivity contribution is 7.13. The third-order valence-corrected chi connectivity index (χ3v) is 28.1. The quantitative estimate of drug-likeness (QED) is 0.0980. The summed E-state index contributed by atoms with van der Waals surface area (Å²) >= 11 is 19.9. The van der Waals surface area contributed by atoms with Crippen molar-refractivity contribution in [2.45, 2.75) is 48.8 Å². The van der Waals surface area contributed by atoms with Gasteiger partial charge in [-0.15, -0.1) is 11.3 Å². The summed E-state index contributed by atoms with van der Waals surface area (Å²) in [5, 5.41) is 8.42. The molecule has 13 heterocycles. The number of thiazole rings is 1. The number of amides is 8. The van der Waals surface area contributed by atoms with Crippen molar-refractivity contribution in [3.8, 4) is 22.0 Å². The van der Waals surface area contributed by atoms with E-state index in [1.54, 1.807) is 120 Å². The van der Waals surface area contributed by atoms with Crippen molar-refractivity contribution in [1.82, 2.24) is 68.9 Å². The van der Waals surface area contributed by atoms with Crippen LogP contribution in [0.15, 0.2) is 304 Å². The van der Waals surface area contributed by atoms with Crippen LogP contribution in [-0.4, -0.2) is 202 Å². The molecule has 10 aromatic carbocycles. The summed E-state index contributed by atoms with van der Waals surface area (Å²) in [5.41, 5.74) is 10.5. The monoisotopic (exact) mass is 1840 g/mol. The maximum atomic E-state index is 13.9. The number of rotatable bonds is 14. The average molecular weight is 1840 g/mol. The van der Waals surface area contributed by atoms with Crippen LogP contribution in [-0.2, 0) is 38.6 Å². The molecule has 664 valence electrons. The molecule has 5 fully saturated rings. The van der Waals surface area contributed by atoms with Gasteiger partial charge >= 0.3 is 0 Å². The summed E-state index contributed by atoms with van der Waals surface area (Å²) < 4.78 is 12.3. The Balaban J connectivity index is 0.000000110. The fourth-order valence-corrected chi connectivity index (χ4v) is 21.6. The summed E-state index contributed by atoms with van der Waals surface area (Å²) in [6.07, 6.45) is 8.39. The van der Waals surface area contributed by atoms with Gasteiger partial charge < -0.3 is 53.6 Å². The molecule has 9 aliphatic rings. The molecule has 4 atom stereocenters. The number of carbonyl (C=O) groups is 8. The summed E-state index contributed by atoms with van der Waals surface area (Å²) in [6.45, 7) is 10.8. The second-order valence-electron chi connectivity index (χ2n) is 33.6. The van der Waals surface area contributed by atoms with Crippen LogP contribution in [0, 0.1) is 0 Å². The van der Waals surface area contributed by atoms with E-state index < -0.39 is 22.7 Å². The van der Waals surface area contributed by atoms with Gasteiger partial charge in [-0.25, -0.2) is 19.6 Å². The van der Waals surface area contributed by atoms with E-state index in [0.717, 1.165) is 91.0 Å². The first-order valence-corrected chi connectivity index (χ1v) is 45.8. The molecule has 0 radical (unpaired) electrons. The zero-order valence-electron chi connectivity index (χ0n) is 72.5. The maximum Gasteiger partial charge on any atom is 0.275 e. The van der Waals surface area contributed by atoms with Crippen molar-refractivity contribution >= 4 is 99.2 Å². The standard InChI is InChI=1S/C28H28N2O3.C26H23ClN4O3.C25H18ClN5O2.C25H17ClN4O2S/c1-19(2)21-10-12-22(13-11-21)28-25-7-5-4-6-24(25)27(32)30(28)17-16-29(28)26(31)18-20-8-14-23(33-3)15-9-20;27-20-8-6-19(7-9-20)26-22-4-2-1-3-21(22)25(33)31(26)12-11-30(26)24(32)18-5-10-23(28-17-18)29-13-15-34-16-14-29;26-19-9-7-18(8-10-19)25-22-4-2-1-3-21(22)24(33)30(25)14-13-29(25)23(32)17-5-11-20(12-6-17)31-16-27-15-28-31;26-18-9-7-17(8-10-18)25-20-6-2-1-5-19(20)23(31)29(25)12-13-30(25)24(32)21-15-33-22(28-21)16-4-3-11-27-14-16/h4-15,19H,16-18H2,1-3H3;1-10,17H,11-16H2;1-12,15-16H,13-14H2;1-11,14-15H,12-13H2. The van der Waals surface area contributed by atoms with Gasteiger partial charge in [0, 0.05) is 182 Å². The smallest absolute Gasteiger partial charge is 0.275 e. The van der Waals surface area contributed by atoms with E-state index in [4.69, 9.17) is 44.3 Å². The van der Waals surface area contributed by atoms with Gasteiger partial charge in [0.2, 0.25) is 5.91 Å². The van der Waals surface area contributed by atoms with Crippen molar-refractivity contribution in [2.24, 2.45) is 0 Å². The third-order valence-electron chi connectivity index (χ3n) is 26.5. The molecule has 14 aromatic rings. The van der Waals surface area contributed by atoms with Crippen LogP contribution in [0.2, 0.25) is 15.1 Å². The lowest BCUT2D eigenvalue weighted by Crippen LogP contribution is -2.52. The number of halogens is 3. The Morgan fingerprint density at radius 1 is 0.444 bits per heavy atom. The fraction of sp³-hybridized carbons (Fsp3) is 0.202. The van der Waals surface area contributed by atoms with Crippen LogP contribution in [0.25, 0.3) is 16.3 Å². The number of ether oxygens (including phenoxy) is 2. The van der Waals surface area contributed by atoms with E-state index in [2.05, 4.69) is 68.0 Å². The lowest BCUT2D eigenvalue weighted by molar-refractivity contribution is -0.135. The molecule has 8 amide bonds. The Labute approximate surface area is 785 Å². The molecule has 0 bridgehead atoms. The average Bonchev–Trinajstić information content (AvgIpc) is 1.54. The molecule has 0 saturated carbocycles. The predicted octanol–water partition coefficient (Wildman–Crippen LogP) is 16.3. The van der Waals surface area contributed by atoms with Crippen LogP contribution in [0.1, 0.15) is 148 Å². The van der Waals surface area contributed by atoms with Crippen LogP contribution in [0.5, 0.6) is 5.75 Å². The molecular weight excluding hydrogens is 1760 g/mol. The topological polar surface area (TPSA) is 254 Å². The van der Waals surface area contributed by atoms with Gasteiger partial charge in [0.25, 0.3) is 41.4 Å². The van der Waals surface area contributed by atoms with Gasteiger partial charge in [0.05, 0.1) is 38.0 Å². The molecule has 133 heavy (non-hydrogen) atoms. The van der Waals surface area contributed by atoms with Gasteiger partial charge in [0.1, 0.15) is 34.9 Å². The van der Waals surface area contributed by atoms with Gasteiger partial charge in [-0.1, -0.05) is 194 Å². The molecule has 5 saturated heterocycles. The SMILES string of the molecule is COc1ccc(CC(=O)N2CCN3C(=O)c4ccccc4C23c2ccc(C(C)C)cc2)cc1.O=C(c1ccc(-n2cncn2)cc1)N1CCN2C(=O)c3ccccc3C12c1ccc(Cl)cc1.O=C(c1ccc(N2CCOCC2)nc1)N1CCN2C(=O)c3ccccc3C12c1ccc(Cl)cc1.O=C(c1csc(-c2cccnc2)n1)N1CCN2C(=O)c3ccccc3C12c1ccc(Cl)cc1. The van der Waals surface area contributed by atoms with Crippen LogP contribution in [0.4, 0.5) is 5.82 Å². The van der Waals surface area contributed by atoms with Crippen LogP contribution < -0.4 is 9.64 Å². The van der Waals surface area contributed by atoms with Crippen molar-refractivity contribution in [3.05, 3.63) is 413 Å². The lowest BCUT2D eigenvalue weighted by Gasteiger charge is -2.40. The molecule has 9 aliphatic heterocycles. The number of nitrogens with zero attached hydrogens (tertiary/aromatic N) is 15. The van der Waals surface area contributed by atoms with Crippen molar-refractivity contribution in [3.63, 3.8) is 0 Å². The Kier molecular flexibility index (Phi) is 23.0. The second kappa shape index (κ2) is 35.3.